The third-order valence-electron chi connectivity index (χ3n) is 2.35. The summed E-state index contributed by atoms with van der Waals surface area (Å²) in [4.78, 5) is 8.94. The van der Waals surface area contributed by atoms with E-state index in [0.717, 1.165) is 11.3 Å². The zero-order valence-corrected chi connectivity index (χ0v) is 10.2. The molecular formula is C13H13O3P. The van der Waals surface area contributed by atoms with Gasteiger partial charge < -0.3 is 9.63 Å². The van der Waals surface area contributed by atoms with E-state index in [1.54, 1.807) is 24.3 Å². The molecule has 3 nitrogen and oxygen atoms in total. The normalized spacial score (nSPS) is 12.1. The van der Waals surface area contributed by atoms with Gasteiger partial charge in [0.05, 0.1) is 0 Å². The van der Waals surface area contributed by atoms with Gasteiger partial charge in [-0.2, -0.15) is 0 Å². The van der Waals surface area contributed by atoms with Crippen molar-refractivity contribution in [3.05, 3.63) is 60.2 Å². The molecule has 0 amide bonds. The fourth-order valence-electron chi connectivity index (χ4n) is 1.43. The summed E-state index contributed by atoms with van der Waals surface area (Å²) in [5, 5.41) is 0.471. The molecule has 0 aliphatic carbocycles. The Morgan fingerprint density at radius 1 is 1.00 bits per heavy atom. The molecule has 0 spiro atoms. The van der Waals surface area contributed by atoms with Crippen LogP contribution in [0.25, 0.3) is 0 Å². The van der Waals surface area contributed by atoms with Crippen LogP contribution < -0.4 is 10.0 Å². The van der Waals surface area contributed by atoms with Crippen LogP contribution in [0.3, 0.4) is 0 Å². The van der Waals surface area contributed by atoms with Gasteiger partial charge in [-0.3, -0.25) is 4.57 Å². The van der Waals surface area contributed by atoms with Gasteiger partial charge in [0.25, 0.3) is 0 Å². The van der Waals surface area contributed by atoms with Crippen LogP contribution in [0.5, 0.6) is 5.75 Å². The molecular weight excluding hydrogens is 235 g/mol. The Balaban J connectivity index is 1.98. The van der Waals surface area contributed by atoms with Crippen molar-refractivity contribution < 1.29 is 14.2 Å². The molecule has 0 aliphatic heterocycles. The largest absolute Gasteiger partial charge is 0.489 e. The number of rotatable bonds is 4. The van der Waals surface area contributed by atoms with Crippen molar-refractivity contribution >= 4 is 13.3 Å². The molecule has 0 saturated heterocycles. The summed E-state index contributed by atoms with van der Waals surface area (Å²) in [6.07, 6.45) is 0. The van der Waals surface area contributed by atoms with Crippen molar-refractivity contribution in [2.24, 2.45) is 0 Å². The van der Waals surface area contributed by atoms with Gasteiger partial charge >= 0.3 is 0 Å². The Kier molecular flexibility index (Phi) is 3.97. The van der Waals surface area contributed by atoms with Crippen LogP contribution in [0, 0.1) is 0 Å². The van der Waals surface area contributed by atoms with Gasteiger partial charge in [0.1, 0.15) is 12.4 Å². The summed E-state index contributed by atoms with van der Waals surface area (Å²) >= 11 is 0. The molecule has 17 heavy (non-hydrogen) atoms. The lowest BCUT2D eigenvalue weighted by molar-refractivity contribution is 0.306. The predicted octanol–water partition coefficient (Wildman–Crippen LogP) is 2.36. The number of hydrogen-bond donors (Lipinski definition) is 1. The van der Waals surface area contributed by atoms with Gasteiger partial charge in [0.15, 0.2) is 0 Å². The molecule has 0 heterocycles. The number of benzene rings is 2. The first-order valence-electron chi connectivity index (χ1n) is 5.26. The van der Waals surface area contributed by atoms with Gasteiger partial charge in [-0.25, -0.2) is 0 Å². The molecule has 0 aromatic heterocycles. The smallest absolute Gasteiger partial charge is 0.218 e. The topological polar surface area (TPSA) is 46.5 Å². The lowest BCUT2D eigenvalue weighted by Gasteiger charge is -2.06. The van der Waals surface area contributed by atoms with Crippen molar-refractivity contribution in [2.75, 3.05) is 0 Å². The summed E-state index contributed by atoms with van der Waals surface area (Å²) in [5.74, 6) is 0.812. The molecule has 0 fully saturated rings. The van der Waals surface area contributed by atoms with E-state index in [1.807, 2.05) is 30.3 Å². The Morgan fingerprint density at radius 2 is 1.65 bits per heavy atom. The van der Waals surface area contributed by atoms with Gasteiger partial charge in [-0.15, -0.1) is 0 Å². The summed E-state index contributed by atoms with van der Waals surface area (Å²) in [6.45, 7) is 0.455. The fraction of sp³-hybridized carbons (Fsp3) is 0.0769. The second-order valence-electron chi connectivity index (χ2n) is 3.60. The van der Waals surface area contributed by atoms with Crippen LogP contribution in [0.15, 0.2) is 54.6 Å². The fourth-order valence-corrected chi connectivity index (χ4v) is 1.88. The third-order valence-corrected chi connectivity index (χ3v) is 3.18. The molecule has 2 aromatic rings. The Hall–Kier alpha value is -1.57. The average molecular weight is 248 g/mol. The Morgan fingerprint density at radius 3 is 2.24 bits per heavy atom. The molecule has 0 bridgehead atoms. The van der Waals surface area contributed by atoms with Crippen molar-refractivity contribution in [3.8, 4) is 5.75 Å². The van der Waals surface area contributed by atoms with Crippen molar-refractivity contribution in [1.29, 1.82) is 0 Å². The van der Waals surface area contributed by atoms with Crippen LogP contribution in [0.4, 0.5) is 0 Å². The highest BCUT2D eigenvalue weighted by Crippen LogP contribution is 2.14. The Bertz CT molecular complexity index is 494. The molecule has 2 rings (SSSR count). The highest BCUT2D eigenvalue weighted by atomic mass is 31.1. The summed E-state index contributed by atoms with van der Waals surface area (Å²) in [7, 11) is -2.59. The average Bonchev–Trinajstić information content (AvgIpc) is 2.38. The maximum atomic E-state index is 10.8. The molecule has 0 saturated carbocycles. The molecule has 1 unspecified atom stereocenters. The highest BCUT2D eigenvalue weighted by Gasteiger charge is 1.99. The first-order chi connectivity index (χ1) is 8.25. The predicted molar refractivity (Wildman–Crippen MR) is 68.1 cm³/mol. The number of para-hydroxylation sites is 1. The van der Waals surface area contributed by atoms with Crippen LogP contribution in [0.1, 0.15) is 5.56 Å². The second kappa shape index (κ2) is 5.67. The number of ether oxygens (including phenoxy) is 1. The van der Waals surface area contributed by atoms with E-state index in [2.05, 4.69) is 0 Å². The van der Waals surface area contributed by atoms with E-state index < -0.39 is 8.03 Å². The van der Waals surface area contributed by atoms with E-state index >= 15 is 0 Å². The summed E-state index contributed by atoms with van der Waals surface area (Å²) in [6, 6.07) is 16.5. The third kappa shape index (κ3) is 3.45. The molecule has 0 aliphatic rings. The molecule has 88 valence electrons. The minimum Gasteiger partial charge on any atom is -0.489 e. The lowest BCUT2D eigenvalue weighted by Crippen LogP contribution is -1.99. The van der Waals surface area contributed by atoms with Crippen molar-refractivity contribution in [2.45, 2.75) is 6.61 Å². The van der Waals surface area contributed by atoms with E-state index in [1.165, 1.54) is 0 Å². The van der Waals surface area contributed by atoms with Crippen molar-refractivity contribution in [3.63, 3.8) is 0 Å². The summed E-state index contributed by atoms with van der Waals surface area (Å²) < 4.78 is 16.4. The summed E-state index contributed by atoms with van der Waals surface area (Å²) in [5.41, 5.74) is 0.973. The quantitative estimate of drug-likeness (QED) is 0.845. The van der Waals surface area contributed by atoms with Crippen LogP contribution >= 0.6 is 8.03 Å². The van der Waals surface area contributed by atoms with Gasteiger partial charge in [0, 0.05) is 5.30 Å². The SMILES string of the molecule is O=[PH](O)c1ccc(COc2ccccc2)cc1. The van der Waals surface area contributed by atoms with E-state index in [4.69, 9.17) is 9.63 Å². The molecule has 1 atom stereocenters. The van der Waals surface area contributed by atoms with Crippen LogP contribution in [0.2, 0.25) is 0 Å². The lowest BCUT2D eigenvalue weighted by atomic mass is 10.2. The zero-order valence-electron chi connectivity index (χ0n) is 9.17. The van der Waals surface area contributed by atoms with Crippen LogP contribution in [-0.2, 0) is 11.2 Å². The minimum absolute atomic E-state index is 0.455. The highest BCUT2D eigenvalue weighted by molar-refractivity contribution is 7.47. The maximum Gasteiger partial charge on any atom is 0.218 e. The Labute approximate surface area is 101 Å². The van der Waals surface area contributed by atoms with Crippen LogP contribution in [-0.4, -0.2) is 4.89 Å². The zero-order chi connectivity index (χ0) is 12.1. The molecule has 0 radical (unpaired) electrons. The molecule has 2 aromatic carbocycles. The molecule has 4 heteroatoms. The van der Waals surface area contributed by atoms with E-state index in [-0.39, 0.29) is 0 Å². The maximum absolute atomic E-state index is 10.8. The van der Waals surface area contributed by atoms with E-state index in [9.17, 15) is 4.57 Å². The van der Waals surface area contributed by atoms with Crippen molar-refractivity contribution in [1.82, 2.24) is 0 Å². The molecule has 1 N–H and O–H groups in total. The monoisotopic (exact) mass is 248 g/mol. The van der Waals surface area contributed by atoms with Gasteiger partial charge in [-0.05, 0) is 29.8 Å². The first-order valence-corrected chi connectivity index (χ1v) is 6.61. The second-order valence-corrected chi connectivity index (χ2v) is 4.79. The first kappa shape index (κ1) is 11.9. The van der Waals surface area contributed by atoms with Gasteiger partial charge in [-0.1, -0.05) is 30.3 Å². The minimum atomic E-state index is -2.59. The standard InChI is InChI=1S/C13H13O3P/c14-17(15)13-8-6-11(7-9-13)10-16-12-4-2-1-3-5-12/h1-9,17H,10H2,(H,14,15). The van der Waals surface area contributed by atoms with E-state index in [0.29, 0.717) is 11.9 Å². The number of hydrogen-bond acceptors (Lipinski definition) is 2. The van der Waals surface area contributed by atoms with Gasteiger partial charge in [0.2, 0.25) is 8.03 Å².